The number of likely N-dealkylation sites (tertiary alicyclic amines) is 1. The number of aromatic amines is 1. The largest absolute Gasteiger partial charge is 0.343 e. The molecule has 0 radical (unpaired) electrons. The Hall–Kier alpha value is -2.56. The van der Waals surface area contributed by atoms with Crippen molar-refractivity contribution >= 4 is 37.8 Å². The van der Waals surface area contributed by atoms with Crippen LogP contribution in [0, 0.1) is 0 Å². The molecule has 2 saturated heterocycles. The molecule has 180 valence electrons. The zero-order valence-electron chi connectivity index (χ0n) is 18.8. The molecule has 1 aromatic carbocycles. The first-order valence-electron chi connectivity index (χ1n) is 11.6. The molecule has 10 heteroatoms. The van der Waals surface area contributed by atoms with E-state index in [1.54, 1.807) is 30.5 Å². The van der Waals surface area contributed by atoms with Crippen LogP contribution < -0.4 is 4.72 Å². The molecule has 2 aliphatic rings. The van der Waals surface area contributed by atoms with Crippen molar-refractivity contribution in [3.63, 3.8) is 0 Å². The van der Waals surface area contributed by atoms with Gasteiger partial charge in [-0.2, -0.15) is 0 Å². The summed E-state index contributed by atoms with van der Waals surface area (Å²) in [5.41, 5.74) is 3.32. The Balaban J connectivity index is 1.35. The van der Waals surface area contributed by atoms with Crippen molar-refractivity contribution in [2.75, 3.05) is 24.6 Å². The third kappa shape index (κ3) is 4.94. The van der Waals surface area contributed by atoms with Crippen molar-refractivity contribution in [3.05, 3.63) is 48.3 Å². The Morgan fingerprint density at radius 2 is 1.82 bits per heavy atom. The van der Waals surface area contributed by atoms with Crippen LogP contribution in [0.2, 0.25) is 0 Å². The first kappa shape index (κ1) is 23.2. The predicted octanol–water partition coefficient (Wildman–Crippen LogP) is 2.58. The lowest BCUT2D eigenvalue weighted by molar-refractivity contribution is -0.129. The summed E-state index contributed by atoms with van der Waals surface area (Å²) < 4.78 is 39.9. The number of aromatic nitrogens is 2. The Kier molecular flexibility index (Phi) is 6.54. The fourth-order valence-electron chi connectivity index (χ4n) is 4.68. The number of sulfonamides is 1. The number of benzene rings is 1. The molecule has 0 atom stereocenters. The summed E-state index contributed by atoms with van der Waals surface area (Å²) in [6, 6.07) is 10.5. The first-order valence-corrected chi connectivity index (χ1v) is 14.6. The smallest absolute Gasteiger partial charge is 0.240 e. The fourth-order valence-corrected chi connectivity index (χ4v) is 7.29. The minimum absolute atomic E-state index is 0.122. The van der Waals surface area contributed by atoms with E-state index >= 15 is 0 Å². The molecular weight excluding hydrogens is 472 g/mol. The summed E-state index contributed by atoms with van der Waals surface area (Å²) in [5, 5.41) is 0.899. The van der Waals surface area contributed by atoms with Gasteiger partial charge < -0.3 is 9.88 Å². The lowest BCUT2D eigenvalue weighted by Crippen LogP contribution is -2.39. The summed E-state index contributed by atoms with van der Waals surface area (Å²) in [6.45, 7) is 1.65. The van der Waals surface area contributed by atoms with Gasteiger partial charge in [0.05, 0.1) is 11.3 Å². The lowest BCUT2D eigenvalue weighted by atomic mass is 10.0. The van der Waals surface area contributed by atoms with Crippen LogP contribution >= 0.6 is 0 Å². The highest BCUT2D eigenvalue weighted by atomic mass is 32.2. The zero-order valence-corrected chi connectivity index (χ0v) is 20.5. The maximum Gasteiger partial charge on any atom is 0.240 e. The van der Waals surface area contributed by atoms with Crippen LogP contribution in [-0.4, -0.2) is 64.0 Å². The molecule has 0 saturated carbocycles. The van der Waals surface area contributed by atoms with E-state index in [2.05, 4.69) is 14.7 Å². The Bertz CT molecular complexity index is 1320. The molecule has 2 aromatic heterocycles. The van der Waals surface area contributed by atoms with Gasteiger partial charge in [-0.25, -0.2) is 18.1 Å². The van der Waals surface area contributed by atoms with E-state index < -0.39 is 20.8 Å². The molecule has 2 aliphatic heterocycles. The second-order valence-electron chi connectivity index (χ2n) is 8.95. The van der Waals surface area contributed by atoms with E-state index in [0.717, 1.165) is 48.1 Å². The topological polar surface area (TPSA) is 112 Å². The SMILES string of the molecule is O=C(Cc1cc2c(-c3ccc(S(=O)(=O)NC4CCS(=O)CC4)cc3)ccnc2[nH]1)N1CCCC1. The van der Waals surface area contributed by atoms with Gasteiger partial charge in [0, 0.05) is 58.7 Å². The Morgan fingerprint density at radius 1 is 1.12 bits per heavy atom. The van der Waals surface area contributed by atoms with Gasteiger partial charge in [-0.3, -0.25) is 9.00 Å². The fraction of sp³-hybridized carbons (Fsp3) is 0.417. The van der Waals surface area contributed by atoms with E-state index in [1.807, 2.05) is 17.0 Å². The maximum absolute atomic E-state index is 12.8. The lowest BCUT2D eigenvalue weighted by Gasteiger charge is -2.22. The second-order valence-corrected chi connectivity index (χ2v) is 12.4. The zero-order chi connectivity index (χ0) is 23.7. The number of carbonyl (C=O) groups is 1. The van der Waals surface area contributed by atoms with Crippen molar-refractivity contribution in [1.82, 2.24) is 19.6 Å². The van der Waals surface area contributed by atoms with Gasteiger partial charge in [-0.1, -0.05) is 12.1 Å². The highest BCUT2D eigenvalue weighted by molar-refractivity contribution is 7.89. The maximum atomic E-state index is 12.8. The molecular formula is C24H28N4O4S2. The van der Waals surface area contributed by atoms with Crippen molar-refractivity contribution in [2.45, 2.75) is 43.0 Å². The van der Waals surface area contributed by atoms with Crippen LogP contribution in [0.15, 0.2) is 47.5 Å². The van der Waals surface area contributed by atoms with Crippen LogP contribution in [0.1, 0.15) is 31.4 Å². The Morgan fingerprint density at radius 3 is 2.53 bits per heavy atom. The van der Waals surface area contributed by atoms with Gasteiger partial charge in [0.15, 0.2) is 0 Å². The summed E-state index contributed by atoms with van der Waals surface area (Å²) in [6.07, 6.45) is 5.33. The normalized spacial score (nSPS) is 21.2. The van der Waals surface area contributed by atoms with E-state index in [1.165, 1.54) is 0 Å². The summed E-state index contributed by atoms with van der Waals surface area (Å²) in [7, 11) is -4.48. The van der Waals surface area contributed by atoms with Crippen molar-refractivity contribution < 1.29 is 17.4 Å². The predicted molar refractivity (Wildman–Crippen MR) is 132 cm³/mol. The third-order valence-electron chi connectivity index (χ3n) is 6.57. The van der Waals surface area contributed by atoms with Crippen LogP contribution in [0.3, 0.4) is 0 Å². The summed E-state index contributed by atoms with van der Waals surface area (Å²) in [5.74, 6) is 1.19. The minimum atomic E-state index is -3.65. The molecule has 2 fully saturated rings. The number of nitrogens with zero attached hydrogens (tertiary/aromatic N) is 2. The van der Waals surface area contributed by atoms with Crippen LogP contribution in [0.25, 0.3) is 22.2 Å². The number of amides is 1. The number of rotatable bonds is 6. The molecule has 8 nitrogen and oxygen atoms in total. The van der Waals surface area contributed by atoms with Gasteiger partial charge >= 0.3 is 0 Å². The van der Waals surface area contributed by atoms with E-state index in [9.17, 15) is 17.4 Å². The van der Waals surface area contributed by atoms with Gasteiger partial charge in [0.2, 0.25) is 15.9 Å². The van der Waals surface area contributed by atoms with Crippen molar-refractivity contribution in [1.29, 1.82) is 0 Å². The Labute approximate surface area is 201 Å². The van der Waals surface area contributed by atoms with E-state index in [0.29, 0.717) is 36.4 Å². The average molecular weight is 501 g/mol. The molecule has 0 unspecified atom stereocenters. The number of nitrogens with one attached hydrogen (secondary N) is 2. The van der Waals surface area contributed by atoms with Crippen LogP contribution in [0.4, 0.5) is 0 Å². The second kappa shape index (κ2) is 9.59. The van der Waals surface area contributed by atoms with Crippen LogP contribution in [-0.2, 0) is 32.0 Å². The number of hydrogen-bond acceptors (Lipinski definition) is 5. The summed E-state index contributed by atoms with van der Waals surface area (Å²) >= 11 is 0. The molecule has 2 N–H and O–H groups in total. The molecule has 3 aromatic rings. The summed E-state index contributed by atoms with van der Waals surface area (Å²) in [4.78, 5) is 22.3. The van der Waals surface area contributed by atoms with Gasteiger partial charge in [0.1, 0.15) is 5.65 Å². The van der Waals surface area contributed by atoms with E-state index in [-0.39, 0.29) is 16.8 Å². The number of hydrogen-bond donors (Lipinski definition) is 2. The molecule has 1 amide bonds. The minimum Gasteiger partial charge on any atom is -0.343 e. The van der Waals surface area contributed by atoms with Gasteiger partial charge in [-0.15, -0.1) is 0 Å². The quantitative estimate of drug-likeness (QED) is 0.540. The number of carbonyl (C=O) groups excluding carboxylic acids is 1. The molecule has 0 bridgehead atoms. The highest BCUT2D eigenvalue weighted by Crippen LogP contribution is 2.29. The molecule has 5 rings (SSSR count). The van der Waals surface area contributed by atoms with Crippen molar-refractivity contribution in [3.8, 4) is 11.1 Å². The van der Waals surface area contributed by atoms with Gasteiger partial charge in [0.25, 0.3) is 0 Å². The van der Waals surface area contributed by atoms with Gasteiger partial charge in [-0.05, 0) is 61.1 Å². The molecule has 34 heavy (non-hydrogen) atoms. The first-order chi connectivity index (χ1) is 16.4. The molecule has 0 aliphatic carbocycles. The number of H-pyrrole nitrogens is 1. The van der Waals surface area contributed by atoms with Crippen LogP contribution in [0.5, 0.6) is 0 Å². The van der Waals surface area contributed by atoms with E-state index in [4.69, 9.17) is 0 Å². The van der Waals surface area contributed by atoms with Crippen molar-refractivity contribution in [2.24, 2.45) is 0 Å². The standard InChI is InChI=1S/C24H28N4O4S2/c29-23(28-11-1-2-12-28)16-19-15-22-21(7-10-25-24(22)26-19)17-3-5-20(6-4-17)34(31,32)27-18-8-13-33(30)14-9-18/h3-7,10,15,18,27H,1-2,8-9,11-14,16H2,(H,25,26). The average Bonchev–Trinajstić information content (AvgIpc) is 3.50. The molecule has 0 spiro atoms. The monoisotopic (exact) mass is 500 g/mol. The molecule has 4 heterocycles. The number of fused-ring (bicyclic) bond motifs is 1. The highest BCUT2D eigenvalue weighted by Gasteiger charge is 2.24. The number of pyridine rings is 1. The third-order valence-corrected chi connectivity index (χ3v) is 9.49.